The van der Waals surface area contributed by atoms with Gasteiger partial charge in [-0.3, -0.25) is 4.79 Å². The van der Waals surface area contributed by atoms with Crippen LogP contribution in [0.3, 0.4) is 0 Å². The summed E-state index contributed by atoms with van der Waals surface area (Å²) in [5, 5.41) is 3.52. The number of anilines is 2. The fourth-order valence-corrected chi connectivity index (χ4v) is 2.13. The van der Waals surface area contributed by atoms with Crippen LogP contribution in [0.15, 0.2) is 18.2 Å². The molecule has 0 unspecified atom stereocenters. The first kappa shape index (κ1) is 10.3. The maximum atomic E-state index is 11.4. The molecule has 2 rings (SSSR count). The van der Waals surface area contributed by atoms with Gasteiger partial charge in [0.2, 0.25) is 5.91 Å². The number of hydrogen-bond acceptors (Lipinski definition) is 2. The minimum absolute atomic E-state index is 0.0261. The quantitative estimate of drug-likeness (QED) is 0.837. The van der Waals surface area contributed by atoms with Gasteiger partial charge in [0.1, 0.15) is 0 Å². The van der Waals surface area contributed by atoms with E-state index in [4.69, 9.17) is 11.6 Å². The van der Waals surface area contributed by atoms with Crippen LogP contribution in [-0.2, 0) is 4.79 Å². The third kappa shape index (κ3) is 1.92. The van der Waals surface area contributed by atoms with Crippen molar-refractivity contribution in [2.75, 3.05) is 23.3 Å². The van der Waals surface area contributed by atoms with Crippen LogP contribution < -0.4 is 10.2 Å². The molecule has 1 aliphatic heterocycles. The first-order valence-corrected chi connectivity index (χ1v) is 5.43. The second-order valence-corrected chi connectivity index (χ2v) is 4.01. The van der Waals surface area contributed by atoms with Gasteiger partial charge in [0.15, 0.2) is 0 Å². The van der Waals surface area contributed by atoms with Gasteiger partial charge >= 0.3 is 0 Å². The topological polar surface area (TPSA) is 32.3 Å². The summed E-state index contributed by atoms with van der Waals surface area (Å²) in [5.41, 5.74) is 1.76. The standard InChI is InChI=1S/C11H13ClN2O/c1-2-6-14-7-10(15)13-9-5-3-4-8(12)11(9)14/h3-5H,2,6-7H2,1H3,(H,13,15). The zero-order valence-corrected chi connectivity index (χ0v) is 9.34. The normalized spacial score (nSPS) is 14.8. The van der Waals surface area contributed by atoms with Crippen LogP contribution in [0.2, 0.25) is 5.02 Å². The van der Waals surface area contributed by atoms with Gasteiger partial charge in [-0.05, 0) is 18.6 Å². The number of nitrogens with zero attached hydrogens (tertiary/aromatic N) is 1. The Hall–Kier alpha value is -1.22. The van der Waals surface area contributed by atoms with Gasteiger partial charge in [0, 0.05) is 6.54 Å². The summed E-state index contributed by atoms with van der Waals surface area (Å²) in [6, 6.07) is 5.57. The number of benzene rings is 1. The minimum Gasteiger partial charge on any atom is -0.359 e. The lowest BCUT2D eigenvalue weighted by atomic mass is 10.2. The van der Waals surface area contributed by atoms with E-state index in [1.807, 2.05) is 23.1 Å². The van der Waals surface area contributed by atoms with Crippen molar-refractivity contribution in [2.24, 2.45) is 0 Å². The second kappa shape index (κ2) is 4.11. The number of nitrogens with one attached hydrogen (secondary N) is 1. The Balaban J connectivity index is 2.42. The molecule has 1 aromatic rings. The van der Waals surface area contributed by atoms with E-state index < -0.39 is 0 Å². The lowest BCUT2D eigenvalue weighted by molar-refractivity contribution is -0.115. The van der Waals surface area contributed by atoms with E-state index in [-0.39, 0.29) is 5.91 Å². The van der Waals surface area contributed by atoms with Crippen LogP contribution in [-0.4, -0.2) is 19.0 Å². The molecule has 0 saturated carbocycles. The average Bonchev–Trinajstić information content (AvgIpc) is 2.17. The number of fused-ring (bicyclic) bond motifs is 1. The molecule has 1 aromatic carbocycles. The summed E-state index contributed by atoms with van der Waals surface area (Å²) < 4.78 is 0. The molecule has 80 valence electrons. The van der Waals surface area contributed by atoms with Gasteiger partial charge in [0.05, 0.1) is 22.9 Å². The van der Waals surface area contributed by atoms with E-state index in [2.05, 4.69) is 12.2 Å². The first-order chi connectivity index (χ1) is 7.22. The van der Waals surface area contributed by atoms with E-state index in [1.165, 1.54) is 0 Å². The van der Waals surface area contributed by atoms with E-state index in [0.29, 0.717) is 11.6 Å². The molecule has 15 heavy (non-hydrogen) atoms. The predicted octanol–water partition coefficient (Wildman–Crippen LogP) is 2.51. The molecule has 4 heteroatoms. The Morgan fingerprint density at radius 2 is 2.33 bits per heavy atom. The highest BCUT2D eigenvalue weighted by atomic mass is 35.5. The van der Waals surface area contributed by atoms with Gasteiger partial charge < -0.3 is 10.2 Å². The van der Waals surface area contributed by atoms with Crippen molar-refractivity contribution in [3.05, 3.63) is 23.2 Å². The van der Waals surface area contributed by atoms with Crippen LogP contribution in [0.25, 0.3) is 0 Å². The monoisotopic (exact) mass is 224 g/mol. The second-order valence-electron chi connectivity index (χ2n) is 3.61. The summed E-state index contributed by atoms with van der Waals surface area (Å²) in [6.07, 6.45) is 0.998. The zero-order chi connectivity index (χ0) is 10.8. The molecule has 1 N–H and O–H groups in total. The Kier molecular flexibility index (Phi) is 2.82. The lowest BCUT2D eigenvalue weighted by Gasteiger charge is -2.31. The molecule has 0 aliphatic carbocycles. The van der Waals surface area contributed by atoms with Crippen LogP contribution in [0.1, 0.15) is 13.3 Å². The molecular weight excluding hydrogens is 212 g/mol. The van der Waals surface area contributed by atoms with Crippen LogP contribution in [0.5, 0.6) is 0 Å². The van der Waals surface area contributed by atoms with Gasteiger partial charge in [0.25, 0.3) is 0 Å². The zero-order valence-electron chi connectivity index (χ0n) is 8.59. The van der Waals surface area contributed by atoms with Crippen molar-refractivity contribution < 1.29 is 4.79 Å². The molecule has 0 atom stereocenters. The molecule has 0 spiro atoms. The van der Waals surface area contributed by atoms with Gasteiger partial charge in [-0.2, -0.15) is 0 Å². The maximum absolute atomic E-state index is 11.4. The number of halogens is 1. The van der Waals surface area contributed by atoms with Crippen molar-refractivity contribution in [2.45, 2.75) is 13.3 Å². The van der Waals surface area contributed by atoms with E-state index >= 15 is 0 Å². The molecule has 0 saturated heterocycles. The third-order valence-electron chi connectivity index (χ3n) is 2.41. The number of amides is 1. The number of carbonyl (C=O) groups excluding carboxylic acids is 1. The SMILES string of the molecule is CCCN1CC(=O)Nc2cccc(Cl)c21. The molecule has 1 heterocycles. The van der Waals surface area contributed by atoms with Gasteiger partial charge in [-0.25, -0.2) is 0 Å². The predicted molar refractivity (Wildman–Crippen MR) is 62.6 cm³/mol. The van der Waals surface area contributed by atoms with Crippen molar-refractivity contribution in [1.29, 1.82) is 0 Å². The number of carbonyl (C=O) groups is 1. The van der Waals surface area contributed by atoms with Gasteiger partial charge in [-0.1, -0.05) is 24.6 Å². The number of hydrogen-bond donors (Lipinski definition) is 1. The summed E-state index contributed by atoms with van der Waals surface area (Å²) in [6.45, 7) is 3.33. The van der Waals surface area contributed by atoms with Crippen LogP contribution in [0, 0.1) is 0 Å². The van der Waals surface area contributed by atoms with Crippen LogP contribution >= 0.6 is 11.6 Å². The van der Waals surface area contributed by atoms with Gasteiger partial charge in [-0.15, -0.1) is 0 Å². The molecule has 3 nitrogen and oxygen atoms in total. The summed E-state index contributed by atoms with van der Waals surface area (Å²) in [4.78, 5) is 13.5. The van der Waals surface area contributed by atoms with Crippen molar-refractivity contribution in [1.82, 2.24) is 0 Å². The first-order valence-electron chi connectivity index (χ1n) is 5.05. The molecule has 0 bridgehead atoms. The minimum atomic E-state index is 0.0261. The molecule has 0 radical (unpaired) electrons. The van der Waals surface area contributed by atoms with E-state index in [1.54, 1.807) is 0 Å². The molecular formula is C11H13ClN2O. The highest BCUT2D eigenvalue weighted by Crippen LogP contribution is 2.36. The largest absolute Gasteiger partial charge is 0.359 e. The van der Waals surface area contributed by atoms with Crippen LogP contribution in [0.4, 0.5) is 11.4 Å². The fraction of sp³-hybridized carbons (Fsp3) is 0.364. The smallest absolute Gasteiger partial charge is 0.243 e. The lowest BCUT2D eigenvalue weighted by Crippen LogP contribution is -2.38. The summed E-state index contributed by atoms with van der Waals surface area (Å²) in [5.74, 6) is 0.0261. The highest BCUT2D eigenvalue weighted by Gasteiger charge is 2.23. The maximum Gasteiger partial charge on any atom is 0.243 e. The highest BCUT2D eigenvalue weighted by molar-refractivity contribution is 6.34. The fourth-order valence-electron chi connectivity index (χ4n) is 1.84. The number of para-hydroxylation sites is 1. The van der Waals surface area contributed by atoms with Crippen molar-refractivity contribution in [3.8, 4) is 0 Å². The van der Waals surface area contributed by atoms with E-state index in [0.717, 1.165) is 24.3 Å². The molecule has 0 fully saturated rings. The Labute approximate surface area is 94.0 Å². The Morgan fingerprint density at radius 3 is 3.07 bits per heavy atom. The molecule has 0 aromatic heterocycles. The Morgan fingerprint density at radius 1 is 1.53 bits per heavy atom. The molecule has 1 amide bonds. The van der Waals surface area contributed by atoms with Crippen molar-refractivity contribution >= 4 is 28.9 Å². The summed E-state index contributed by atoms with van der Waals surface area (Å²) in [7, 11) is 0. The van der Waals surface area contributed by atoms with E-state index in [9.17, 15) is 4.79 Å². The average molecular weight is 225 g/mol. The molecule has 1 aliphatic rings. The van der Waals surface area contributed by atoms with Crippen molar-refractivity contribution in [3.63, 3.8) is 0 Å². The summed E-state index contributed by atoms with van der Waals surface area (Å²) >= 11 is 6.13. The Bertz CT molecular complexity index is 392. The third-order valence-corrected chi connectivity index (χ3v) is 2.71. The number of rotatable bonds is 2.